The van der Waals surface area contributed by atoms with Crippen LogP contribution >= 0.6 is 0 Å². The monoisotopic (exact) mass is 555 g/mol. The number of nitrogens with two attached hydrogens (primary N) is 1. The molecule has 0 radical (unpaired) electrons. The summed E-state index contributed by atoms with van der Waals surface area (Å²) < 4.78 is 30.8. The van der Waals surface area contributed by atoms with Gasteiger partial charge in [0.2, 0.25) is 0 Å². The highest BCUT2D eigenvalue weighted by Gasteiger charge is 2.36. The number of carboxylic acids is 1. The van der Waals surface area contributed by atoms with Gasteiger partial charge in [-0.2, -0.15) is 0 Å². The van der Waals surface area contributed by atoms with Gasteiger partial charge in [-0.25, -0.2) is 14.4 Å². The molecule has 0 aromatic heterocycles. The SMILES string of the molecule is CCCOC(=O)Oc1ccc(C(C(C)C(C)OC(=O)OCCC(C)C)[C@H](N)C(=O)O)cc1OC(=O)OCCC. The van der Waals surface area contributed by atoms with Crippen LogP contribution in [-0.4, -0.2) is 61.5 Å². The molecule has 0 heterocycles. The number of carbonyl (C=O) groups is 4. The van der Waals surface area contributed by atoms with Gasteiger partial charge in [-0.3, -0.25) is 4.79 Å². The van der Waals surface area contributed by atoms with Crippen molar-refractivity contribution in [2.45, 2.75) is 78.9 Å². The van der Waals surface area contributed by atoms with Gasteiger partial charge in [0.05, 0.1) is 19.8 Å². The first-order valence-electron chi connectivity index (χ1n) is 13.1. The van der Waals surface area contributed by atoms with Crippen LogP contribution in [0.2, 0.25) is 0 Å². The topological polar surface area (TPSA) is 170 Å². The third-order valence-corrected chi connectivity index (χ3v) is 5.76. The Balaban J connectivity index is 3.30. The lowest BCUT2D eigenvalue weighted by Gasteiger charge is -2.31. The molecule has 1 aromatic carbocycles. The van der Waals surface area contributed by atoms with Crippen molar-refractivity contribution in [3.05, 3.63) is 23.8 Å². The molecule has 0 saturated heterocycles. The van der Waals surface area contributed by atoms with Crippen molar-refractivity contribution in [1.82, 2.24) is 0 Å². The van der Waals surface area contributed by atoms with Crippen LogP contribution in [0.4, 0.5) is 14.4 Å². The Labute approximate surface area is 229 Å². The molecule has 4 atom stereocenters. The van der Waals surface area contributed by atoms with Crippen molar-refractivity contribution in [3.8, 4) is 11.5 Å². The Bertz CT molecular complexity index is 950. The van der Waals surface area contributed by atoms with E-state index in [1.165, 1.54) is 18.2 Å². The average Bonchev–Trinajstić information content (AvgIpc) is 2.87. The second kappa shape index (κ2) is 17.1. The number of carboxylic acid groups (broad SMARTS) is 1. The van der Waals surface area contributed by atoms with E-state index in [4.69, 9.17) is 34.2 Å². The molecule has 0 saturated carbocycles. The summed E-state index contributed by atoms with van der Waals surface area (Å²) >= 11 is 0. The summed E-state index contributed by atoms with van der Waals surface area (Å²) in [4.78, 5) is 48.3. The zero-order valence-corrected chi connectivity index (χ0v) is 23.5. The molecule has 12 nitrogen and oxygen atoms in total. The van der Waals surface area contributed by atoms with Gasteiger partial charge in [-0.1, -0.05) is 40.7 Å². The molecule has 0 aliphatic carbocycles. The van der Waals surface area contributed by atoms with Crippen LogP contribution in [-0.2, 0) is 23.7 Å². The first kappa shape index (κ1) is 33.5. The minimum absolute atomic E-state index is 0.0962. The van der Waals surface area contributed by atoms with Crippen molar-refractivity contribution in [2.24, 2.45) is 17.6 Å². The van der Waals surface area contributed by atoms with E-state index >= 15 is 0 Å². The third kappa shape index (κ3) is 11.8. The Morgan fingerprint density at radius 3 is 1.87 bits per heavy atom. The van der Waals surface area contributed by atoms with Crippen molar-refractivity contribution in [2.75, 3.05) is 19.8 Å². The Morgan fingerprint density at radius 2 is 1.36 bits per heavy atom. The van der Waals surface area contributed by atoms with Crippen LogP contribution in [0.3, 0.4) is 0 Å². The van der Waals surface area contributed by atoms with E-state index in [1.807, 2.05) is 20.8 Å². The summed E-state index contributed by atoms with van der Waals surface area (Å²) in [5.41, 5.74) is 6.38. The molecule has 0 bridgehead atoms. The molecular formula is C27H41NO11. The Morgan fingerprint density at radius 1 is 0.821 bits per heavy atom. The molecule has 3 N–H and O–H groups in total. The number of hydrogen-bond acceptors (Lipinski definition) is 11. The summed E-state index contributed by atoms with van der Waals surface area (Å²) in [7, 11) is 0. The van der Waals surface area contributed by atoms with Gasteiger partial charge in [0.25, 0.3) is 0 Å². The van der Waals surface area contributed by atoms with Crippen LogP contribution in [0.5, 0.6) is 11.5 Å². The molecule has 12 heteroatoms. The van der Waals surface area contributed by atoms with Crippen molar-refractivity contribution >= 4 is 24.4 Å². The van der Waals surface area contributed by atoms with Gasteiger partial charge in [0.15, 0.2) is 11.5 Å². The zero-order valence-electron chi connectivity index (χ0n) is 23.5. The normalized spacial score (nSPS) is 13.9. The molecular weight excluding hydrogens is 514 g/mol. The molecule has 1 aromatic rings. The van der Waals surface area contributed by atoms with Crippen molar-refractivity contribution < 1.29 is 52.7 Å². The number of aliphatic carboxylic acids is 1. The lowest BCUT2D eigenvalue weighted by Crippen LogP contribution is -2.42. The number of rotatable bonds is 15. The molecule has 0 amide bonds. The first-order valence-corrected chi connectivity index (χ1v) is 13.1. The third-order valence-electron chi connectivity index (χ3n) is 5.76. The second-order valence-corrected chi connectivity index (χ2v) is 9.46. The summed E-state index contributed by atoms with van der Waals surface area (Å²) in [5, 5.41) is 9.71. The van der Waals surface area contributed by atoms with Crippen LogP contribution in [0.25, 0.3) is 0 Å². The number of benzene rings is 1. The lowest BCUT2D eigenvalue weighted by molar-refractivity contribution is -0.139. The zero-order chi connectivity index (χ0) is 29.5. The van der Waals surface area contributed by atoms with E-state index in [1.54, 1.807) is 20.8 Å². The van der Waals surface area contributed by atoms with E-state index in [9.17, 15) is 24.3 Å². The highest BCUT2D eigenvalue weighted by molar-refractivity contribution is 5.75. The molecule has 3 unspecified atom stereocenters. The standard InChI is InChI=1S/C27H41NO11/c1-7-12-34-26(32)38-20-10-9-19(15-21(20)39-27(33)35-13-8-2)22(23(28)24(29)30)17(5)18(6)37-25(31)36-14-11-16(3)4/h9-10,15-18,22-23H,7-8,11-14,28H2,1-6H3,(H,29,30)/t17?,18?,22?,23-/m0/s1. The maximum Gasteiger partial charge on any atom is 0.513 e. The van der Waals surface area contributed by atoms with Crippen LogP contribution in [0.1, 0.15) is 72.3 Å². The predicted octanol–water partition coefficient (Wildman–Crippen LogP) is 5.26. The Hall–Kier alpha value is -3.54. The van der Waals surface area contributed by atoms with Gasteiger partial charge < -0.3 is 39.3 Å². The predicted molar refractivity (Wildman–Crippen MR) is 140 cm³/mol. The highest BCUT2D eigenvalue weighted by atomic mass is 16.7. The molecule has 0 spiro atoms. The van der Waals surface area contributed by atoms with Gasteiger partial charge in [-0.05, 0) is 49.8 Å². The fourth-order valence-corrected chi connectivity index (χ4v) is 3.46. The largest absolute Gasteiger partial charge is 0.513 e. The molecule has 0 aliphatic heterocycles. The fraction of sp³-hybridized carbons (Fsp3) is 0.630. The molecule has 220 valence electrons. The van der Waals surface area contributed by atoms with E-state index in [-0.39, 0.29) is 31.3 Å². The molecule has 1 rings (SSSR count). The maximum absolute atomic E-state index is 12.2. The van der Waals surface area contributed by atoms with Gasteiger partial charge in [0.1, 0.15) is 12.1 Å². The number of carbonyl (C=O) groups excluding carboxylic acids is 3. The van der Waals surface area contributed by atoms with Gasteiger partial charge >= 0.3 is 24.4 Å². The van der Waals surface area contributed by atoms with Crippen LogP contribution in [0.15, 0.2) is 18.2 Å². The van der Waals surface area contributed by atoms with Crippen molar-refractivity contribution in [1.29, 1.82) is 0 Å². The maximum atomic E-state index is 12.2. The van der Waals surface area contributed by atoms with Crippen LogP contribution < -0.4 is 15.2 Å². The van der Waals surface area contributed by atoms with Gasteiger partial charge in [-0.15, -0.1) is 0 Å². The second-order valence-electron chi connectivity index (χ2n) is 9.46. The van der Waals surface area contributed by atoms with E-state index in [0.717, 1.165) is 0 Å². The number of ether oxygens (including phenoxy) is 6. The quantitative estimate of drug-likeness (QED) is 0.164. The number of hydrogen-bond donors (Lipinski definition) is 2. The Kier molecular flexibility index (Phi) is 14.7. The smallest absolute Gasteiger partial charge is 0.480 e. The van der Waals surface area contributed by atoms with E-state index in [2.05, 4.69) is 0 Å². The molecule has 39 heavy (non-hydrogen) atoms. The summed E-state index contributed by atoms with van der Waals surface area (Å²) in [5.74, 6) is -2.87. The summed E-state index contributed by atoms with van der Waals surface area (Å²) in [6.45, 7) is 11.3. The first-order chi connectivity index (χ1) is 18.4. The molecule has 0 aliphatic rings. The molecule has 0 fully saturated rings. The summed E-state index contributed by atoms with van der Waals surface area (Å²) in [6, 6.07) is 2.70. The van der Waals surface area contributed by atoms with Crippen molar-refractivity contribution in [3.63, 3.8) is 0 Å². The minimum Gasteiger partial charge on any atom is -0.480 e. The van der Waals surface area contributed by atoms with E-state index < -0.39 is 48.4 Å². The average molecular weight is 556 g/mol. The van der Waals surface area contributed by atoms with Crippen LogP contribution in [0, 0.1) is 11.8 Å². The summed E-state index contributed by atoms with van der Waals surface area (Å²) in [6.07, 6.45) is -1.96. The lowest BCUT2D eigenvalue weighted by atomic mass is 9.79. The van der Waals surface area contributed by atoms with Gasteiger partial charge in [0, 0.05) is 11.8 Å². The van der Waals surface area contributed by atoms with E-state index in [0.29, 0.717) is 30.7 Å². The highest BCUT2D eigenvalue weighted by Crippen LogP contribution is 2.37. The minimum atomic E-state index is -1.43. The fourth-order valence-electron chi connectivity index (χ4n) is 3.46.